The number of hydrazone groups is 1. The van der Waals surface area contributed by atoms with Crippen molar-refractivity contribution < 1.29 is 9.53 Å². The average Bonchev–Trinajstić information content (AvgIpc) is 2.65. The number of amides is 1. The number of fused-ring (bicyclic) bond motifs is 1. The summed E-state index contributed by atoms with van der Waals surface area (Å²) in [5.74, 6) is 0.195. The van der Waals surface area contributed by atoms with E-state index in [0.717, 1.165) is 15.2 Å². The molecule has 0 spiro atoms. The van der Waals surface area contributed by atoms with E-state index in [-0.39, 0.29) is 12.5 Å². The van der Waals surface area contributed by atoms with Gasteiger partial charge in [-0.2, -0.15) is 5.10 Å². The Hall–Kier alpha value is -2.08. The van der Waals surface area contributed by atoms with Gasteiger partial charge < -0.3 is 4.74 Å². The quantitative estimate of drug-likeness (QED) is 0.414. The summed E-state index contributed by atoms with van der Waals surface area (Å²) in [6.45, 7) is -0.169. The summed E-state index contributed by atoms with van der Waals surface area (Å²) >= 11 is 15.5. The van der Waals surface area contributed by atoms with Gasteiger partial charge in [0.25, 0.3) is 5.91 Å². The molecule has 0 aliphatic carbocycles. The largest absolute Gasteiger partial charge is 0.483 e. The molecule has 7 heteroatoms. The van der Waals surface area contributed by atoms with Crippen molar-refractivity contribution in [2.45, 2.75) is 0 Å². The molecule has 4 nitrogen and oxygen atoms in total. The molecule has 0 radical (unpaired) electrons. The Balaban J connectivity index is 1.60. The molecule has 1 N–H and O–H groups in total. The first-order chi connectivity index (χ1) is 12.6. The Kier molecular flexibility index (Phi) is 6.14. The van der Waals surface area contributed by atoms with E-state index < -0.39 is 0 Å². The van der Waals surface area contributed by atoms with Gasteiger partial charge in [-0.3, -0.25) is 4.79 Å². The van der Waals surface area contributed by atoms with Crippen LogP contribution in [0.5, 0.6) is 5.75 Å². The Morgan fingerprint density at radius 1 is 1.12 bits per heavy atom. The zero-order valence-corrected chi connectivity index (χ0v) is 16.5. The Morgan fingerprint density at radius 3 is 2.77 bits per heavy atom. The molecule has 0 unspecified atom stereocenters. The first-order valence-electron chi connectivity index (χ1n) is 7.62. The topological polar surface area (TPSA) is 50.7 Å². The molecule has 132 valence electrons. The molecule has 0 bridgehead atoms. The molecule has 0 heterocycles. The van der Waals surface area contributed by atoms with Crippen LogP contribution < -0.4 is 10.2 Å². The summed E-state index contributed by atoms with van der Waals surface area (Å²) < 4.78 is 6.38. The van der Waals surface area contributed by atoms with E-state index in [9.17, 15) is 4.79 Å². The molecule has 0 atom stereocenters. The van der Waals surface area contributed by atoms with Crippen molar-refractivity contribution in [3.05, 3.63) is 74.7 Å². The number of halogens is 3. The van der Waals surface area contributed by atoms with Crippen LogP contribution in [0, 0.1) is 0 Å². The summed E-state index contributed by atoms with van der Waals surface area (Å²) in [6.07, 6.45) is 1.43. The van der Waals surface area contributed by atoms with Gasteiger partial charge in [0.15, 0.2) is 6.61 Å². The lowest BCUT2D eigenvalue weighted by Crippen LogP contribution is -2.24. The van der Waals surface area contributed by atoms with Gasteiger partial charge in [0.2, 0.25) is 0 Å². The van der Waals surface area contributed by atoms with Crippen molar-refractivity contribution in [1.29, 1.82) is 0 Å². The van der Waals surface area contributed by atoms with E-state index in [2.05, 4.69) is 26.5 Å². The predicted octanol–water partition coefficient (Wildman–Crippen LogP) is 5.44. The lowest BCUT2D eigenvalue weighted by atomic mass is 10.1. The minimum Gasteiger partial charge on any atom is -0.483 e. The van der Waals surface area contributed by atoms with Gasteiger partial charge in [-0.25, -0.2) is 5.43 Å². The summed E-state index contributed by atoms with van der Waals surface area (Å²) in [7, 11) is 0. The van der Waals surface area contributed by atoms with Gasteiger partial charge >= 0.3 is 0 Å². The first-order valence-corrected chi connectivity index (χ1v) is 9.17. The van der Waals surface area contributed by atoms with Crippen molar-refractivity contribution in [2.24, 2.45) is 5.10 Å². The third kappa shape index (κ3) is 4.36. The Labute approximate surface area is 168 Å². The van der Waals surface area contributed by atoms with E-state index in [0.29, 0.717) is 21.4 Å². The number of carbonyl (C=O) groups excluding carboxylic acids is 1. The SMILES string of the molecule is O=C(COc1ccc2ccccc2c1Br)N/N=C/c1cccc(Cl)c1Cl. The molecule has 3 aromatic carbocycles. The monoisotopic (exact) mass is 450 g/mol. The van der Waals surface area contributed by atoms with E-state index in [4.69, 9.17) is 27.9 Å². The van der Waals surface area contributed by atoms with E-state index in [1.54, 1.807) is 18.2 Å². The highest BCUT2D eigenvalue weighted by molar-refractivity contribution is 9.10. The number of nitrogens with one attached hydrogen (secondary N) is 1. The summed E-state index contributed by atoms with van der Waals surface area (Å²) in [5.41, 5.74) is 3.00. The van der Waals surface area contributed by atoms with Crippen LogP contribution in [-0.2, 0) is 4.79 Å². The second kappa shape index (κ2) is 8.54. The third-order valence-corrected chi connectivity index (χ3v) is 5.21. The van der Waals surface area contributed by atoms with Crippen LogP contribution in [0.1, 0.15) is 5.56 Å². The molecule has 26 heavy (non-hydrogen) atoms. The number of benzene rings is 3. The fraction of sp³-hybridized carbons (Fsp3) is 0.0526. The predicted molar refractivity (Wildman–Crippen MR) is 109 cm³/mol. The van der Waals surface area contributed by atoms with Crippen LogP contribution in [0.15, 0.2) is 64.2 Å². The van der Waals surface area contributed by atoms with Crippen molar-refractivity contribution in [3.8, 4) is 5.75 Å². The van der Waals surface area contributed by atoms with Gasteiger partial charge in [-0.05, 0) is 38.8 Å². The van der Waals surface area contributed by atoms with Crippen LogP contribution in [-0.4, -0.2) is 18.7 Å². The highest BCUT2D eigenvalue weighted by Crippen LogP contribution is 2.32. The van der Waals surface area contributed by atoms with Crippen LogP contribution in [0.3, 0.4) is 0 Å². The molecular weight excluding hydrogens is 439 g/mol. The van der Waals surface area contributed by atoms with Crippen molar-refractivity contribution >= 4 is 62.0 Å². The summed E-state index contributed by atoms with van der Waals surface area (Å²) in [4.78, 5) is 11.9. The van der Waals surface area contributed by atoms with Crippen LogP contribution in [0.2, 0.25) is 10.0 Å². The maximum Gasteiger partial charge on any atom is 0.277 e. The molecular formula is C19H13BrCl2N2O2. The van der Waals surface area contributed by atoms with Gasteiger partial charge in [-0.15, -0.1) is 0 Å². The maximum absolute atomic E-state index is 11.9. The minimum atomic E-state index is -0.389. The smallest absolute Gasteiger partial charge is 0.277 e. The highest BCUT2D eigenvalue weighted by atomic mass is 79.9. The standard InChI is InChI=1S/C19H13BrCl2N2O2/c20-18-14-6-2-1-4-12(14)8-9-16(18)26-11-17(25)24-23-10-13-5-3-7-15(21)19(13)22/h1-10H,11H2,(H,24,25)/b23-10+. The average molecular weight is 452 g/mol. The van der Waals surface area contributed by atoms with Crippen molar-refractivity contribution in [1.82, 2.24) is 5.43 Å². The van der Waals surface area contributed by atoms with Crippen LogP contribution in [0.25, 0.3) is 10.8 Å². The lowest BCUT2D eigenvalue weighted by Gasteiger charge is -2.09. The number of nitrogens with zero attached hydrogens (tertiary/aromatic N) is 1. The number of ether oxygens (including phenoxy) is 1. The lowest BCUT2D eigenvalue weighted by molar-refractivity contribution is -0.123. The van der Waals surface area contributed by atoms with Gasteiger partial charge in [-0.1, -0.05) is 65.7 Å². The van der Waals surface area contributed by atoms with E-state index in [1.807, 2.05) is 36.4 Å². The van der Waals surface area contributed by atoms with Crippen LogP contribution in [0.4, 0.5) is 0 Å². The number of carbonyl (C=O) groups is 1. The van der Waals surface area contributed by atoms with E-state index >= 15 is 0 Å². The zero-order chi connectivity index (χ0) is 18.5. The first kappa shape index (κ1) is 18.7. The molecule has 1 amide bonds. The number of hydrogen-bond donors (Lipinski definition) is 1. The number of rotatable bonds is 5. The van der Waals surface area contributed by atoms with Crippen LogP contribution >= 0.6 is 39.1 Å². The van der Waals surface area contributed by atoms with Gasteiger partial charge in [0, 0.05) is 5.56 Å². The Bertz CT molecular complexity index is 992. The fourth-order valence-corrected chi connectivity index (χ4v) is 3.26. The second-order valence-electron chi connectivity index (χ2n) is 5.32. The van der Waals surface area contributed by atoms with Crippen molar-refractivity contribution in [3.63, 3.8) is 0 Å². The van der Waals surface area contributed by atoms with Crippen molar-refractivity contribution in [2.75, 3.05) is 6.61 Å². The second-order valence-corrected chi connectivity index (χ2v) is 6.90. The molecule has 0 fully saturated rings. The number of hydrogen-bond acceptors (Lipinski definition) is 3. The fourth-order valence-electron chi connectivity index (χ4n) is 2.29. The molecule has 0 saturated carbocycles. The van der Waals surface area contributed by atoms with Gasteiger partial charge in [0.05, 0.1) is 20.7 Å². The molecule has 0 saturated heterocycles. The third-order valence-electron chi connectivity index (χ3n) is 3.56. The van der Waals surface area contributed by atoms with E-state index in [1.165, 1.54) is 6.21 Å². The molecule has 3 rings (SSSR count). The molecule has 0 aromatic heterocycles. The maximum atomic E-state index is 11.9. The molecule has 0 aliphatic heterocycles. The molecule has 3 aromatic rings. The Morgan fingerprint density at radius 2 is 1.92 bits per heavy atom. The summed E-state index contributed by atoms with van der Waals surface area (Å²) in [5, 5.41) is 6.77. The zero-order valence-electron chi connectivity index (χ0n) is 13.4. The highest BCUT2D eigenvalue weighted by Gasteiger charge is 2.08. The minimum absolute atomic E-state index is 0.169. The van der Waals surface area contributed by atoms with Gasteiger partial charge in [0.1, 0.15) is 5.75 Å². The molecule has 0 aliphatic rings. The normalized spacial score (nSPS) is 11.0. The summed E-state index contributed by atoms with van der Waals surface area (Å²) in [6, 6.07) is 16.8.